The third-order valence-electron chi connectivity index (χ3n) is 6.98. The van der Waals surface area contributed by atoms with Gasteiger partial charge in [-0.2, -0.15) is 0 Å². The molecular weight excluding hydrogens is 491 g/mol. The molecule has 4 rings (SSSR count). The lowest BCUT2D eigenvalue weighted by atomic mass is 10.0. The molecule has 1 fully saturated rings. The Labute approximate surface area is 220 Å². The van der Waals surface area contributed by atoms with E-state index in [1.807, 2.05) is 24.3 Å². The monoisotopic (exact) mass is 526 g/mol. The number of methoxy groups -OCH3 is 1. The lowest BCUT2D eigenvalue weighted by Gasteiger charge is -2.36. The minimum Gasteiger partial charge on any atom is -0.496 e. The Morgan fingerprint density at radius 2 is 1.81 bits per heavy atom. The number of hydrogen-bond donors (Lipinski definition) is 0. The average molecular weight is 527 g/mol. The summed E-state index contributed by atoms with van der Waals surface area (Å²) in [4.78, 5) is 14.0. The van der Waals surface area contributed by atoms with Crippen LogP contribution in [0.5, 0.6) is 5.75 Å². The molecule has 2 aromatic carbocycles. The maximum Gasteiger partial charge on any atom is 0.133 e. The number of rotatable bonds is 8. The van der Waals surface area contributed by atoms with Crippen molar-refractivity contribution in [3.05, 3.63) is 76.3 Å². The number of ether oxygens (including phenoxy) is 1. The van der Waals surface area contributed by atoms with Crippen molar-refractivity contribution in [2.75, 3.05) is 52.5 Å². The van der Waals surface area contributed by atoms with Crippen LogP contribution in [-0.4, -0.2) is 68.5 Å². The van der Waals surface area contributed by atoms with Crippen LogP contribution in [0.3, 0.4) is 0 Å². The first-order valence-electron chi connectivity index (χ1n) is 12.4. The van der Waals surface area contributed by atoms with E-state index < -0.39 is 7.14 Å². The molecule has 1 aliphatic heterocycles. The summed E-state index contributed by atoms with van der Waals surface area (Å²) < 4.78 is 18.6. The fraction of sp³-hybridized carbons (Fsp3) is 0.429. The molecular formula is C28H36ClN4O2P. The Morgan fingerprint density at radius 3 is 2.47 bits per heavy atom. The van der Waals surface area contributed by atoms with Crippen molar-refractivity contribution in [3.8, 4) is 5.75 Å². The van der Waals surface area contributed by atoms with Crippen LogP contribution in [0.1, 0.15) is 35.5 Å². The van der Waals surface area contributed by atoms with Crippen LogP contribution in [-0.2, 0) is 17.4 Å². The molecule has 0 saturated carbocycles. The van der Waals surface area contributed by atoms with Gasteiger partial charge >= 0.3 is 0 Å². The Hall–Kier alpha value is -2.40. The average Bonchev–Trinajstić information content (AvgIpc) is 2.86. The van der Waals surface area contributed by atoms with Crippen LogP contribution in [0.2, 0.25) is 5.02 Å². The third-order valence-corrected chi connectivity index (χ3v) is 8.89. The quantitative estimate of drug-likeness (QED) is 0.381. The van der Waals surface area contributed by atoms with Gasteiger partial charge in [0, 0.05) is 60.8 Å². The van der Waals surface area contributed by atoms with E-state index in [-0.39, 0.29) is 0 Å². The van der Waals surface area contributed by atoms with Gasteiger partial charge in [-0.25, -0.2) is 9.97 Å². The van der Waals surface area contributed by atoms with E-state index in [0.717, 1.165) is 53.8 Å². The molecule has 192 valence electrons. The normalized spacial score (nSPS) is 14.9. The van der Waals surface area contributed by atoms with Crippen molar-refractivity contribution in [3.63, 3.8) is 0 Å². The number of hydrogen-bond acceptors (Lipinski definition) is 6. The van der Waals surface area contributed by atoms with Crippen molar-refractivity contribution in [1.29, 1.82) is 0 Å². The molecule has 1 aliphatic rings. The maximum absolute atomic E-state index is 12.8. The third kappa shape index (κ3) is 6.29. The molecule has 0 aliphatic carbocycles. The number of piperidine rings is 1. The summed E-state index contributed by atoms with van der Waals surface area (Å²) in [5.41, 5.74) is 3.94. The molecule has 6 nitrogen and oxygen atoms in total. The van der Waals surface area contributed by atoms with Gasteiger partial charge in [-0.05, 0) is 51.9 Å². The zero-order valence-corrected chi connectivity index (χ0v) is 23.5. The lowest BCUT2D eigenvalue weighted by Crippen LogP contribution is -2.41. The summed E-state index contributed by atoms with van der Waals surface area (Å²) in [7, 11) is 3.61. The number of halogens is 1. The summed E-state index contributed by atoms with van der Waals surface area (Å²) in [5, 5.41) is 1.38. The van der Waals surface area contributed by atoms with E-state index >= 15 is 0 Å². The fourth-order valence-electron chi connectivity index (χ4n) is 4.91. The molecule has 0 bridgehead atoms. The zero-order valence-electron chi connectivity index (χ0n) is 21.9. The van der Waals surface area contributed by atoms with Crippen molar-refractivity contribution < 1.29 is 9.30 Å². The molecule has 3 aromatic rings. The summed E-state index contributed by atoms with van der Waals surface area (Å²) in [6.07, 6.45) is 5.03. The Morgan fingerprint density at radius 1 is 1.08 bits per heavy atom. The molecule has 36 heavy (non-hydrogen) atoms. The smallest absolute Gasteiger partial charge is 0.133 e. The minimum absolute atomic E-state index is 0.509. The van der Waals surface area contributed by atoms with Crippen molar-refractivity contribution in [2.45, 2.75) is 31.7 Å². The highest BCUT2D eigenvalue weighted by molar-refractivity contribution is 7.70. The van der Waals surface area contributed by atoms with E-state index in [1.165, 1.54) is 5.69 Å². The van der Waals surface area contributed by atoms with Gasteiger partial charge in [-0.3, -0.25) is 0 Å². The van der Waals surface area contributed by atoms with Gasteiger partial charge in [0.25, 0.3) is 0 Å². The summed E-state index contributed by atoms with van der Waals surface area (Å²) in [6, 6.07) is 14.9. The molecule has 0 unspecified atom stereocenters. The van der Waals surface area contributed by atoms with Gasteiger partial charge in [-0.1, -0.05) is 41.9 Å². The summed E-state index contributed by atoms with van der Waals surface area (Å²) >= 11 is 6.48. The molecule has 0 N–H and O–H groups in total. The van der Waals surface area contributed by atoms with E-state index in [2.05, 4.69) is 47.1 Å². The van der Waals surface area contributed by atoms with Gasteiger partial charge in [-0.15, -0.1) is 0 Å². The van der Waals surface area contributed by atoms with Crippen LogP contribution in [0, 0.1) is 0 Å². The second kappa shape index (κ2) is 11.3. The van der Waals surface area contributed by atoms with Gasteiger partial charge in [0.05, 0.1) is 17.8 Å². The topological polar surface area (TPSA) is 58.6 Å². The predicted molar refractivity (Wildman–Crippen MR) is 150 cm³/mol. The Bertz CT molecular complexity index is 1250. The number of benzene rings is 2. The lowest BCUT2D eigenvalue weighted by molar-refractivity contribution is 0.249. The van der Waals surface area contributed by atoms with Gasteiger partial charge in [0.15, 0.2) is 0 Å². The molecule has 0 amide bonds. The van der Waals surface area contributed by atoms with Crippen molar-refractivity contribution in [2.24, 2.45) is 0 Å². The highest BCUT2D eigenvalue weighted by Crippen LogP contribution is 2.36. The molecule has 0 spiro atoms. The maximum atomic E-state index is 12.8. The summed E-state index contributed by atoms with van der Waals surface area (Å²) in [5.74, 6) is 1.52. The predicted octanol–water partition coefficient (Wildman–Crippen LogP) is 5.10. The van der Waals surface area contributed by atoms with Crippen LogP contribution in [0.15, 0.2) is 48.7 Å². The largest absolute Gasteiger partial charge is 0.496 e. The van der Waals surface area contributed by atoms with Crippen LogP contribution < -0.4 is 14.9 Å². The first kappa shape index (κ1) is 26.7. The summed E-state index contributed by atoms with van der Waals surface area (Å²) in [6.45, 7) is 5.66. The van der Waals surface area contributed by atoms with E-state index in [9.17, 15) is 4.57 Å². The first-order valence-corrected chi connectivity index (χ1v) is 15.4. The first-order chi connectivity index (χ1) is 17.2. The minimum atomic E-state index is -2.42. The number of aromatic nitrogens is 2. The molecule has 1 saturated heterocycles. The standard InChI is InChI=1S/C28H36ClN4O2P/c1-32(2)22-12-14-33(15-13-22)23-11-10-20(26(18-23)35-3)17-28-30-19-24(29)25(31-28)16-21-8-6-7-9-27(21)36(4,5)34/h6-11,18-19,22H,12-17H2,1-5H3. The van der Waals surface area contributed by atoms with Crippen LogP contribution >= 0.6 is 18.7 Å². The van der Waals surface area contributed by atoms with E-state index in [1.54, 1.807) is 26.6 Å². The van der Waals surface area contributed by atoms with Crippen LogP contribution in [0.25, 0.3) is 0 Å². The second-order valence-electron chi connectivity index (χ2n) is 10.1. The molecule has 1 aromatic heterocycles. The fourth-order valence-corrected chi connectivity index (χ4v) is 6.35. The van der Waals surface area contributed by atoms with E-state index in [4.69, 9.17) is 21.3 Å². The number of anilines is 1. The molecule has 2 heterocycles. The van der Waals surface area contributed by atoms with Gasteiger partial charge in [0.1, 0.15) is 18.7 Å². The highest BCUT2D eigenvalue weighted by atomic mass is 35.5. The SMILES string of the molecule is COc1cc(N2CCC(N(C)C)CC2)ccc1Cc1ncc(Cl)c(Cc2ccccc2P(C)(C)=O)n1. The molecule has 8 heteroatoms. The number of nitrogens with zero attached hydrogens (tertiary/aromatic N) is 4. The van der Waals surface area contributed by atoms with Crippen molar-refractivity contribution >= 4 is 29.7 Å². The van der Waals surface area contributed by atoms with Crippen LogP contribution in [0.4, 0.5) is 5.69 Å². The molecule has 0 atom stereocenters. The Balaban J connectivity index is 1.53. The van der Waals surface area contributed by atoms with E-state index in [0.29, 0.717) is 29.7 Å². The van der Waals surface area contributed by atoms with Gasteiger partial charge in [0.2, 0.25) is 0 Å². The van der Waals surface area contributed by atoms with Crippen molar-refractivity contribution in [1.82, 2.24) is 14.9 Å². The van der Waals surface area contributed by atoms with Gasteiger partial charge < -0.3 is 19.1 Å². The Kier molecular flexibility index (Phi) is 8.39. The molecule has 0 radical (unpaired) electrons. The zero-order chi connectivity index (χ0) is 25.9. The highest BCUT2D eigenvalue weighted by Gasteiger charge is 2.22. The second-order valence-corrected chi connectivity index (χ2v) is 13.7.